The van der Waals surface area contributed by atoms with Crippen LogP contribution in [-0.2, 0) is 0 Å². The van der Waals surface area contributed by atoms with E-state index in [1.54, 1.807) is 19.2 Å². The van der Waals surface area contributed by atoms with Crippen molar-refractivity contribution in [1.82, 2.24) is 5.32 Å². The molecule has 0 aliphatic carbocycles. The molecular formula is C14H19ClN2OS. The summed E-state index contributed by atoms with van der Waals surface area (Å²) in [6.07, 6.45) is 2.39. The lowest BCUT2D eigenvalue weighted by Gasteiger charge is -2.23. The average molecular weight is 299 g/mol. The van der Waals surface area contributed by atoms with E-state index in [-0.39, 0.29) is 10.7 Å². The Morgan fingerprint density at radius 1 is 1.53 bits per heavy atom. The zero-order valence-electron chi connectivity index (χ0n) is 11.3. The van der Waals surface area contributed by atoms with Gasteiger partial charge in [0.1, 0.15) is 0 Å². The van der Waals surface area contributed by atoms with Gasteiger partial charge in [0.05, 0.1) is 5.56 Å². The van der Waals surface area contributed by atoms with Crippen LogP contribution in [0.25, 0.3) is 0 Å². The Kier molecular flexibility index (Phi) is 4.63. The number of halogens is 1. The molecule has 5 heteroatoms. The number of rotatable bonds is 4. The molecule has 1 saturated heterocycles. The quantitative estimate of drug-likeness (QED) is 0.895. The summed E-state index contributed by atoms with van der Waals surface area (Å²) in [6.45, 7) is 2.91. The summed E-state index contributed by atoms with van der Waals surface area (Å²) in [6, 6.07) is 5.30. The van der Waals surface area contributed by atoms with E-state index in [0.717, 1.165) is 12.1 Å². The largest absolute Gasteiger partial charge is 0.387 e. The topological polar surface area (TPSA) is 41.1 Å². The fourth-order valence-corrected chi connectivity index (χ4v) is 3.68. The van der Waals surface area contributed by atoms with Gasteiger partial charge in [0.2, 0.25) is 0 Å². The van der Waals surface area contributed by atoms with Crippen LogP contribution in [0.1, 0.15) is 30.1 Å². The number of hydrogen-bond donors (Lipinski definition) is 2. The lowest BCUT2D eigenvalue weighted by molar-refractivity contribution is 0.0951. The predicted molar refractivity (Wildman–Crippen MR) is 83.4 cm³/mol. The number of thioether (sulfide) groups is 1. The first-order valence-corrected chi connectivity index (χ1v) is 7.80. The molecule has 0 saturated carbocycles. The lowest BCUT2D eigenvalue weighted by Crippen LogP contribution is -2.37. The van der Waals surface area contributed by atoms with Crippen molar-refractivity contribution in [3.63, 3.8) is 0 Å². The van der Waals surface area contributed by atoms with Gasteiger partial charge in [-0.25, -0.2) is 0 Å². The van der Waals surface area contributed by atoms with Gasteiger partial charge in [-0.2, -0.15) is 11.8 Å². The van der Waals surface area contributed by atoms with E-state index in [1.807, 2.05) is 17.8 Å². The van der Waals surface area contributed by atoms with E-state index in [2.05, 4.69) is 17.6 Å². The van der Waals surface area contributed by atoms with Gasteiger partial charge in [-0.3, -0.25) is 4.79 Å². The van der Waals surface area contributed by atoms with Crippen LogP contribution in [0.5, 0.6) is 0 Å². The number of nitrogens with one attached hydrogen (secondary N) is 2. The molecule has 2 rings (SSSR count). The van der Waals surface area contributed by atoms with Gasteiger partial charge in [0.15, 0.2) is 0 Å². The number of carbonyl (C=O) groups is 1. The van der Waals surface area contributed by atoms with Crippen LogP contribution in [-0.4, -0.2) is 30.0 Å². The normalized spacial score (nSPS) is 22.3. The van der Waals surface area contributed by atoms with E-state index in [9.17, 15) is 4.79 Å². The summed E-state index contributed by atoms with van der Waals surface area (Å²) in [4.78, 5) is 12.3. The second-order valence-electron chi connectivity index (χ2n) is 5.02. The van der Waals surface area contributed by atoms with Crippen LogP contribution in [0.3, 0.4) is 0 Å². The van der Waals surface area contributed by atoms with Gasteiger partial charge < -0.3 is 10.6 Å². The van der Waals surface area contributed by atoms with Crippen LogP contribution >= 0.6 is 23.4 Å². The van der Waals surface area contributed by atoms with Crippen LogP contribution in [0, 0.1) is 0 Å². The summed E-state index contributed by atoms with van der Waals surface area (Å²) < 4.78 is 0.175. The molecule has 1 atom stereocenters. The minimum atomic E-state index is -0.0689. The Hall–Kier alpha value is -0.870. The van der Waals surface area contributed by atoms with Crippen molar-refractivity contribution in [1.29, 1.82) is 0 Å². The Morgan fingerprint density at radius 3 is 2.95 bits per heavy atom. The lowest BCUT2D eigenvalue weighted by atomic mass is 10.1. The second kappa shape index (κ2) is 6.06. The molecule has 1 aromatic rings. The summed E-state index contributed by atoms with van der Waals surface area (Å²) >= 11 is 7.90. The molecule has 0 aromatic heterocycles. The van der Waals surface area contributed by atoms with E-state index in [4.69, 9.17) is 11.6 Å². The van der Waals surface area contributed by atoms with Gasteiger partial charge in [-0.15, -0.1) is 0 Å². The zero-order chi connectivity index (χ0) is 13.9. The number of anilines is 1. The predicted octanol–water partition coefficient (Wildman–Crippen LogP) is 3.40. The molecule has 3 nitrogen and oxygen atoms in total. The molecule has 1 amide bonds. The monoisotopic (exact) mass is 298 g/mol. The van der Waals surface area contributed by atoms with Crippen molar-refractivity contribution in [2.24, 2.45) is 0 Å². The smallest absolute Gasteiger partial charge is 0.253 e. The molecule has 1 aromatic carbocycles. The number of carbonyl (C=O) groups excluding carboxylic acids is 1. The van der Waals surface area contributed by atoms with Gasteiger partial charge in [0, 0.05) is 29.0 Å². The number of benzene rings is 1. The fourth-order valence-electron chi connectivity index (χ4n) is 2.26. The van der Waals surface area contributed by atoms with Crippen molar-refractivity contribution in [2.45, 2.75) is 24.5 Å². The van der Waals surface area contributed by atoms with E-state index in [1.165, 1.54) is 12.2 Å². The van der Waals surface area contributed by atoms with Crippen molar-refractivity contribution >= 4 is 35.0 Å². The molecule has 0 bridgehead atoms. The maximum absolute atomic E-state index is 12.3. The Morgan fingerprint density at radius 2 is 2.32 bits per heavy atom. The van der Waals surface area contributed by atoms with Gasteiger partial charge in [0.25, 0.3) is 5.91 Å². The highest BCUT2D eigenvalue weighted by Crippen LogP contribution is 2.37. The summed E-state index contributed by atoms with van der Waals surface area (Å²) in [5.74, 6) is 1.12. The van der Waals surface area contributed by atoms with E-state index >= 15 is 0 Å². The molecule has 1 aliphatic rings. The van der Waals surface area contributed by atoms with Crippen LogP contribution in [0.15, 0.2) is 18.2 Å². The highest BCUT2D eigenvalue weighted by atomic mass is 35.5. The summed E-state index contributed by atoms with van der Waals surface area (Å²) in [5.41, 5.74) is 1.40. The molecular weight excluding hydrogens is 280 g/mol. The minimum absolute atomic E-state index is 0.0689. The highest BCUT2D eigenvalue weighted by molar-refractivity contribution is 8.00. The molecule has 0 spiro atoms. The molecule has 2 N–H and O–H groups in total. The Labute approximate surface area is 123 Å². The zero-order valence-corrected chi connectivity index (χ0v) is 12.8. The molecule has 104 valence electrons. The van der Waals surface area contributed by atoms with Crippen molar-refractivity contribution in [2.75, 3.05) is 24.7 Å². The third-order valence-electron chi connectivity index (χ3n) is 3.42. The van der Waals surface area contributed by atoms with Crippen molar-refractivity contribution < 1.29 is 4.79 Å². The van der Waals surface area contributed by atoms with E-state index in [0.29, 0.717) is 17.1 Å². The molecule has 0 radical (unpaired) electrons. The number of hydrogen-bond acceptors (Lipinski definition) is 3. The first kappa shape index (κ1) is 14.5. The molecule has 1 heterocycles. The maximum atomic E-state index is 12.3. The summed E-state index contributed by atoms with van der Waals surface area (Å²) in [5, 5.41) is 6.62. The SMILES string of the molecule is CNc1ccc(Cl)cc1C(=O)NCC1(C)CCCS1. The van der Waals surface area contributed by atoms with Gasteiger partial charge in [-0.1, -0.05) is 11.6 Å². The Bertz CT molecular complexity index is 473. The minimum Gasteiger partial charge on any atom is -0.387 e. The first-order chi connectivity index (χ1) is 9.04. The fraction of sp³-hybridized carbons (Fsp3) is 0.500. The van der Waals surface area contributed by atoms with Gasteiger partial charge >= 0.3 is 0 Å². The third-order valence-corrected chi connectivity index (χ3v) is 5.19. The molecule has 1 aliphatic heterocycles. The van der Waals surface area contributed by atoms with E-state index < -0.39 is 0 Å². The van der Waals surface area contributed by atoms with Crippen LogP contribution < -0.4 is 10.6 Å². The van der Waals surface area contributed by atoms with Crippen molar-refractivity contribution in [3.05, 3.63) is 28.8 Å². The van der Waals surface area contributed by atoms with Gasteiger partial charge in [-0.05, 0) is 43.7 Å². The Balaban J connectivity index is 2.05. The second-order valence-corrected chi connectivity index (χ2v) is 7.14. The standard InChI is InChI=1S/C14H19ClN2OS/c1-14(6-3-7-19-14)9-17-13(18)11-8-10(15)4-5-12(11)16-2/h4-5,8,16H,3,6-7,9H2,1-2H3,(H,17,18). The highest BCUT2D eigenvalue weighted by Gasteiger charge is 2.30. The summed E-state index contributed by atoms with van der Waals surface area (Å²) in [7, 11) is 1.80. The van der Waals surface area contributed by atoms with Crippen LogP contribution in [0.4, 0.5) is 5.69 Å². The molecule has 1 unspecified atom stereocenters. The third kappa shape index (κ3) is 3.57. The average Bonchev–Trinajstić information content (AvgIpc) is 2.83. The first-order valence-electron chi connectivity index (χ1n) is 6.43. The van der Waals surface area contributed by atoms with Crippen molar-refractivity contribution in [3.8, 4) is 0 Å². The number of amides is 1. The van der Waals surface area contributed by atoms with Crippen LogP contribution in [0.2, 0.25) is 5.02 Å². The molecule has 19 heavy (non-hydrogen) atoms. The molecule has 1 fully saturated rings. The maximum Gasteiger partial charge on any atom is 0.253 e.